The van der Waals surface area contributed by atoms with Gasteiger partial charge in [-0.2, -0.15) is 4.68 Å². The van der Waals surface area contributed by atoms with Crippen LogP contribution in [-0.4, -0.2) is 31.4 Å². The maximum Gasteiger partial charge on any atom is 0.237 e. The third-order valence-corrected chi connectivity index (χ3v) is 4.42. The fourth-order valence-electron chi connectivity index (χ4n) is 2.05. The molecular formula is C16H12F3N5OS. The van der Waals surface area contributed by atoms with Crippen LogP contribution in [0.5, 0.6) is 0 Å². The Morgan fingerprint density at radius 3 is 2.58 bits per heavy atom. The van der Waals surface area contributed by atoms with Gasteiger partial charge in [-0.15, -0.1) is 5.10 Å². The number of aromatic nitrogens is 4. The van der Waals surface area contributed by atoms with Crippen LogP contribution in [0.2, 0.25) is 0 Å². The second kappa shape index (κ2) is 7.56. The summed E-state index contributed by atoms with van der Waals surface area (Å²) >= 11 is 1.04. The van der Waals surface area contributed by atoms with Gasteiger partial charge in [0.25, 0.3) is 0 Å². The van der Waals surface area contributed by atoms with E-state index in [9.17, 15) is 18.0 Å². The van der Waals surface area contributed by atoms with Crippen molar-refractivity contribution in [3.63, 3.8) is 0 Å². The van der Waals surface area contributed by atoms with Gasteiger partial charge in [0.2, 0.25) is 11.1 Å². The van der Waals surface area contributed by atoms with Crippen LogP contribution in [0, 0.1) is 17.5 Å². The molecule has 134 valence electrons. The van der Waals surface area contributed by atoms with Gasteiger partial charge in [-0.25, -0.2) is 13.2 Å². The topological polar surface area (TPSA) is 72.7 Å². The largest absolute Gasteiger partial charge is 0.323 e. The lowest BCUT2D eigenvalue weighted by Gasteiger charge is -2.12. The number of hydrogen-bond donors (Lipinski definition) is 1. The lowest BCUT2D eigenvalue weighted by Crippen LogP contribution is -2.23. The number of carbonyl (C=O) groups excluding carboxylic acids is 1. The number of amides is 1. The third kappa shape index (κ3) is 3.69. The zero-order valence-corrected chi connectivity index (χ0v) is 14.2. The van der Waals surface area contributed by atoms with Crippen LogP contribution < -0.4 is 5.32 Å². The number of carbonyl (C=O) groups is 1. The smallest absolute Gasteiger partial charge is 0.237 e. The second-order valence-corrected chi connectivity index (χ2v) is 6.49. The van der Waals surface area contributed by atoms with Crippen molar-refractivity contribution in [2.75, 3.05) is 5.32 Å². The van der Waals surface area contributed by atoms with Crippen molar-refractivity contribution >= 4 is 23.4 Å². The summed E-state index contributed by atoms with van der Waals surface area (Å²) in [4.78, 5) is 12.2. The fraction of sp³-hybridized carbons (Fsp3) is 0.125. The Kier molecular flexibility index (Phi) is 5.21. The van der Waals surface area contributed by atoms with E-state index in [-0.39, 0.29) is 0 Å². The minimum absolute atomic E-state index is 0.351. The standard InChI is InChI=1S/C16H12F3N5OS/c1-9(15(25)20-12-8-7-11(17)13(18)14(12)19)26-16-21-22-23-24(16)10-5-3-2-4-6-10/h2-9H,1H3,(H,20,25)/t9-/m1/s1. The van der Waals surface area contributed by atoms with Crippen molar-refractivity contribution in [3.05, 3.63) is 59.9 Å². The average Bonchev–Trinajstić information content (AvgIpc) is 3.11. The van der Waals surface area contributed by atoms with E-state index in [4.69, 9.17) is 0 Å². The van der Waals surface area contributed by atoms with Gasteiger partial charge in [-0.1, -0.05) is 30.0 Å². The summed E-state index contributed by atoms with van der Waals surface area (Å²) in [6.45, 7) is 1.56. The molecule has 0 aliphatic rings. The first-order valence-corrected chi connectivity index (χ1v) is 8.30. The van der Waals surface area contributed by atoms with Crippen molar-refractivity contribution in [1.29, 1.82) is 0 Å². The quantitative estimate of drug-likeness (QED) is 0.544. The molecule has 2 aromatic carbocycles. The van der Waals surface area contributed by atoms with E-state index in [2.05, 4.69) is 20.8 Å². The van der Waals surface area contributed by atoms with Crippen molar-refractivity contribution in [2.24, 2.45) is 0 Å². The number of rotatable bonds is 5. The minimum atomic E-state index is -1.64. The fourth-order valence-corrected chi connectivity index (χ4v) is 2.86. The maximum absolute atomic E-state index is 13.7. The molecule has 0 spiro atoms. The highest BCUT2D eigenvalue weighted by atomic mass is 32.2. The number of nitrogens with one attached hydrogen (secondary N) is 1. The lowest BCUT2D eigenvalue weighted by molar-refractivity contribution is -0.115. The predicted molar refractivity (Wildman–Crippen MR) is 89.4 cm³/mol. The molecule has 6 nitrogen and oxygen atoms in total. The molecule has 26 heavy (non-hydrogen) atoms. The second-order valence-electron chi connectivity index (χ2n) is 5.18. The summed E-state index contributed by atoms with van der Waals surface area (Å²) in [7, 11) is 0. The highest BCUT2D eigenvalue weighted by molar-refractivity contribution is 8.00. The zero-order valence-electron chi connectivity index (χ0n) is 13.4. The van der Waals surface area contributed by atoms with E-state index in [1.807, 2.05) is 18.2 Å². The molecule has 0 radical (unpaired) electrons. The van der Waals surface area contributed by atoms with E-state index in [0.29, 0.717) is 10.8 Å². The van der Waals surface area contributed by atoms with E-state index in [1.165, 1.54) is 4.68 Å². The first kappa shape index (κ1) is 17.9. The van der Waals surface area contributed by atoms with E-state index >= 15 is 0 Å². The van der Waals surface area contributed by atoms with E-state index < -0.39 is 34.3 Å². The molecule has 0 aliphatic heterocycles. The Hall–Kier alpha value is -2.88. The van der Waals surface area contributed by atoms with Gasteiger partial charge < -0.3 is 5.32 Å². The maximum atomic E-state index is 13.7. The molecule has 1 N–H and O–H groups in total. The van der Waals surface area contributed by atoms with Gasteiger partial charge in [0.1, 0.15) is 0 Å². The number of thioether (sulfide) groups is 1. The van der Waals surface area contributed by atoms with Gasteiger partial charge in [-0.05, 0) is 41.6 Å². The summed E-state index contributed by atoms with van der Waals surface area (Å²) in [5, 5.41) is 13.2. The Bertz CT molecular complexity index is 935. The van der Waals surface area contributed by atoms with Gasteiger partial charge in [0.05, 0.1) is 16.6 Å². The number of tetrazole rings is 1. The lowest BCUT2D eigenvalue weighted by atomic mass is 10.2. The normalized spacial score (nSPS) is 12.0. The number of hydrogen-bond acceptors (Lipinski definition) is 5. The molecular weight excluding hydrogens is 367 g/mol. The Labute approximate surface area is 150 Å². The summed E-state index contributed by atoms with van der Waals surface area (Å²) in [6.07, 6.45) is 0. The number of benzene rings is 2. The molecule has 0 saturated carbocycles. The summed E-state index contributed by atoms with van der Waals surface area (Å²) in [5.74, 6) is -5.03. The minimum Gasteiger partial charge on any atom is -0.323 e. The monoisotopic (exact) mass is 379 g/mol. The molecule has 3 rings (SSSR count). The number of halogens is 3. The van der Waals surface area contributed by atoms with Crippen molar-refractivity contribution in [3.8, 4) is 5.69 Å². The van der Waals surface area contributed by atoms with Gasteiger partial charge in [0, 0.05) is 0 Å². The van der Waals surface area contributed by atoms with Crippen LogP contribution in [0.15, 0.2) is 47.6 Å². The molecule has 0 saturated heterocycles. The molecule has 0 fully saturated rings. The molecule has 1 aromatic heterocycles. The third-order valence-electron chi connectivity index (χ3n) is 3.39. The van der Waals surface area contributed by atoms with Crippen molar-refractivity contribution in [1.82, 2.24) is 20.2 Å². The highest BCUT2D eigenvalue weighted by Gasteiger charge is 2.22. The zero-order chi connectivity index (χ0) is 18.7. The molecule has 0 unspecified atom stereocenters. The van der Waals surface area contributed by atoms with E-state index in [0.717, 1.165) is 23.9 Å². The van der Waals surface area contributed by atoms with Crippen LogP contribution in [0.1, 0.15) is 6.92 Å². The molecule has 3 aromatic rings. The number of para-hydroxylation sites is 1. The van der Waals surface area contributed by atoms with Crippen LogP contribution in [0.25, 0.3) is 5.69 Å². The number of anilines is 1. The van der Waals surface area contributed by atoms with Crippen LogP contribution in [-0.2, 0) is 4.79 Å². The Balaban J connectivity index is 1.73. The first-order valence-electron chi connectivity index (χ1n) is 7.42. The molecule has 1 heterocycles. The van der Waals surface area contributed by atoms with Crippen molar-refractivity contribution in [2.45, 2.75) is 17.3 Å². The van der Waals surface area contributed by atoms with Crippen molar-refractivity contribution < 1.29 is 18.0 Å². The summed E-state index contributed by atoms with van der Waals surface area (Å²) in [5.41, 5.74) is 0.267. The van der Waals surface area contributed by atoms with Gasteiger partial charge in [0.15, 0.2) is 17.5 Å². The SMILES string of the molecule is C[C@@H](Sc1nnnn1-c1ccccc1)C(=O)Nc1ccc(F)c(F)c1F. The van der Waals surface area contributed by atoms with Crippen LogP contribution >= 0.6 is 11.8 Å². The van der Waals surface area contributed by atoms with Crippen LogP contribution in [0.3, 0.4) is 0 Å². The first-order chi connectivity index (χ1) is 12.5. The predicted octanol–water partition coefficient (Wildman–Crippen LogP) is 3.20. The summed E-state index contributed by atoms with van der Waals surface area (Å²) < 4.78 is 41.3. The van der Waals surface area contributed by atoms with Crippen LogP contribution in [0.4, 0.5) is 18.9 Å². The molecule has 0 bridgehead atoms. The molecule has 1 amide bonds. The average molecular weight is 379 g/mol. The Morgan fingerprint density at radius 1 is 1.12 bits per heavy atom. The van der Waals surface area contributed by atoms with Gasteiger partial charge in [-0.3, -0.25) is 4.79 Å². The molecule has 10 heteroatoms. The molecule has 0 aliphatic carbocycles. The summed E-state index contributed by atoms with van der Waals surface area (Å²) in [6, 6.07) is 10.7. The van der Waals surface area contributed by atoms with E-state index in [1.54, 1.807) is 19.1 Å². The number of nitrogens with zero attached hydrogens (tertiary/aromatic N) is 4. The Morgan fingerprint density at radius 2 is 1.85 bits per heavy atom. The van der Waals surface area contributed by atoms with Gasteiger partial charge >= 0.3 is 0 Å². The highest BCUT2D eigenvalue weighted by Crippen LogP contribution is 2.25. The molecule has 1 atom stereocenters.